The molecule has 0 aromatic heterocycles. The van der Waals surface area contributed by atoms with Gasteiger partial charge in [0, 0.05) is 13.2 Å². The molecule has 0 aliphatic carbocycles. The first-order valence-corrected chi connectivity index (χ1v) is 5.99. The Labute approximate surface area is 103 Å². The van der Waals surface area contributed by atoms with Crippen LogP contribution in [0.5, 0.6) is 0 Å². The van der Waals surface area contributed by atoms with E-state index in [4.69, 9.17) is 10.5 Å². The quantitative estimate of drug-likeness (QED) is 0.855. The molecule has 0 fully saturated rings. The van der Waals surface area contributed by atoms with Crippen molar-refractivity contribution in [2.45, 2.75) is 33.3 Å². The molecule has 0 spiro atoms. The zero-order valence-electron chi connectivity index (χ0n) is 10.9. The summed E-state index contributed by atoms with van der Waals surface area (Å²) >= 11 is 0. The number of rotatable bonds is 5. The topological polar surface area (TPSA) is 35.2 Å². The Morgan fingerprint density at radius 2 is 2.06 bits per heavy atom. The van der Waals surface area contributed by atoms with Gasteiger partial charge in [-0.05, 0) is 29.5 Å². The summed E-state index contributed by atoms with van der Waals surface area (Å²) in [7, 11) is 0. The van der Waals surface area contributed by atoms with Gasteiger partial charge in [0.25, 0.3) is 0 Å². The lowest BCUT2D eigenvalue weighted by atomic mass is 9.93. The van der Waals surface area contributed by atoms with Gasteiger partial charge in [-0.3, -0.25) is 0 Å². The monoisotopic (exact) mass is 239 g/mol. The molecule has 1 aromatic rings. The maximum atomic E-state index is 13.1. The molecule has 3 heteroatoms. The summed E-state index contributed by atoms with van der Waals surface area (Å²) < 4.78 is 18.8. The van der Waals surface area contributed by atoms with Gasteiger partial charge in [0.15, 0.2) is 0 Å². The average molecular weight is 239 g/mol. The summed E-state index contributed by atoms with van der Waals surface area (Å²) in [5.41, 5.74) is 6.70. The third-order valence-electron chi connectivity index (χ3n) is 2.61. The van der Waals surface area contributed by atoms with E-state index < -0.39 is 0 Å². The van der Waals surface area contributed by atoms with E-state index in [0.717, 1.165) is 12.0 Å². The summed E-state index contributed by atoms with van der Waals surface area (Å²) in [5.74, 6) is -0.250. The zero-order valence-corrected chi connectivity index (χ0v) is 10.9. The van der Waals surface area contributed by atoms with Crippen LogP contribution < -0.4 is 5.73 Å². The Morgan fingerprint density at radius 3 is 2.59 bits per heavy atom. The third kappa shape index (κ3) is 5.29. The fourth-order valence-corrected chi connectivity index (χ4v) is 1.51. The van der Waals surface area contributed by atoms with Crippen molar-refractivity contribution in [3.8, 4) is 0 Å². The smallest absolute Gasteiger partial charge is 0.123 e. The molecule has 0 saturated heterocycles. The minimum Gasteiger partial charge on any atom is -0.372 e. The van der Waals surface area contributed by atoms with Gasteiger partial charge >= 0.3 is 0 Å². The molecule has 1 atom stereocenters. The van der Waals surface area contributed by atoms with Crippen LogP contribution in [0, 0.1) is 11.2 Å². The molecule has 0 saturated carbocycles. The molecule has 2 N–H and O–H groups in total. The molecule has 0 amide bonds. The fraction of sp³-hybridized carbons (Fsp3) is 0.571. The number of hydrogen-bond donors (Lipinski definition) is 1. The molecule has 1 rings (SSSR count). The van der Waals surface area contributed by atoms with Crippen LogP contribution in [-0.2, 0) is 4.74 Å². The second kappa shape index (κ2) is 6.12. The van der Waals surface area contributed by atoms with Gasteiger partial charge in [0.05, 0.1) is 6.10 Å². The van der Waals surface area contributed by atoms with Crippen molar-refractivity contribution < 1.29 is 9.13 Å². The summed E-state index contributed by atoms with van der Waals surface area (Å²) in [5, 5.41) is 0. The van der Waals surface area contributed by atoms with Crippen LogP contribution in [0.25, 0.3) is 0 Å². The Kier molecular flexibility index (Phi) is 5.09. The lowest BCUT2D eigenvalue weighted by molar-refractivity contribution is 0.0421. The van der Waals surface area contributed by atoms with Crippen LogP contribution >= 0.6 is 0 Å². The van der Waals surface area contributed by atoms with Crippen LogP contribution in [-0.4, -0.2) is 13.2 Å². The van der Waals surface area contributed by atoms with Crippen molar-refractivity contribution in [3.63, 3.8) is 0 Å². The van der Waals surface area contributed by atoms with Crippen LogP contribution in [0.2, 0.25) is 0 Å². The largest absolute Gasteiger partial charge is 0.372 e. The maximum Gasteiger partial charge on any atom is 0.123 e. The van der Waals surface area contributed by atoms with Gasteiger partial charge in [0.1, 0.15) is 5.82 Å². The molecular formula is C14H22FNO. The predicted octanol–water partition coefficient (Wildman–Crippen LogP) is 3.28. The number of benzene rings is 1. The van der Waals surface area contributed by atoms with Crippen molar-refractivity contribution in [1.82, 2.24) is 0 Å². The summed E-state index contributed by atoms with van der Waals surface area (Å²) in [4.78, 5) is 0. The van der Waals surface area contributed by atoms with Gasteiger partial charge in [-0.2, -0.15) is 0 Å². The van der Waals surface area contributed by atoms with E-state index in [9.17, 15) is 4.39 Å². The Morgan fingerprint density at radius 1 is 1.35 bits per heavy atom. The van der Waals surface area contributed by atoms with E-state index in [0.29, 0.717) is 13.2 Å². The molecule has 1 unspecified atom stereocenters. The van der Waals surface area contributed by atoms with Crippen LogP contribution in [0.1, 0.15) is 38.9 Å². The normalized spacial score (nSPS) is 13.7. The highest BCUT2D eigenvalue weighted by molar-refractivity contribution is 5.19. The predicted molar refractivity (Wildman–Crippen MR) is 68.2 cm³/mol. The van der Waals surface area contributed by atoms with E-state index in [-0.39, 0.29) is 17.3 Å². The van der Waals surface area contributed by atoms with E-state index in [1.807, 2.05) is 6.07 Å². The van der Waals surface area contributed by atoms with Crippen molar-refractivity contribution in [2.75, 3.05) is 13.2 Å². The first-order chi connectivity index (χ1) is 7.92. The molecular weight excluding hydrogens is 217 g/mol. The second-order valence-electron chi connectivity index (χ2n) is 5.46. The van der Waals surface area contributed by atoms with Crippen LogP contribution in [0.4, 0.5) is 4.39 Å². The lowest BCUT2D eigenvalue weighted by Crippen LogP contribution is -2.18. The van der Waals surface area contributed by atoms with Gasteiger partial charge in [-0.15, -0.1) is 0 Å². The highest BCUT2D eigenvalue weighted by Crippen LogP contribution is 2.22. The third-order valence-corrected chi connectivity index (χ3v) is 2.61. The van der Waals surface area contributed by atoms with E-state index >= 15 is 0 Å². The summed E-state index contributed by atoms with van der Waals surface area (Å²) in [6, 6.07) is 6.43. The SMILES string of the molecule is CC(C)(C)CCOC(CN)c1cccc(F)c1. The second-order valence-corrected chi connectivity index (χ2v) is 5.46. The molecule has 17 heavy (non-hydrogen) atoms. The molecule has 0 aliphatic rings. The first kappa shape index (κ1) is 14.1. The lowest BCUT2D eigenvalue weighted by Gasteiger charge is -2.21. The fourth-order valence-electron chi connectivity index (χ4n) is 1.51. The number of ether oxygens (including phenoxy) is 1. The van der Waals surface area contributed by atoms with Gasteiger partial charge < -0.3 is 10.5 Å². The zero-order chi connectivity index (χ0) is 12.9. The van der Waals surface area contributed by atoms with E-state index in [2.05, 4.69) is 20.8 Å². The minimum atomic E-state index is -0.250. The Hall–Kier alpha value is -0.930. The van der Waals surface area contributed by atoms with E-state index in [1.54, 1.807) is 6.07 Å². The Balaban J connectivity index is 2.54. The average Bonchev–Trinajstić information content (AvgIpc) is 2.23. The summed E-state index contributed by atoms with van der Waals surface area (Å²) in [6.45, 7) is 7.50. The van der Waals surface area contributed by atoms with Crippen LogP contribution in [0.15, 0.2) is 24.3 Å². The molecule has 0 heterocycles. The van der Waals surface area contributed by atoms with Crippen molar-refractivity contribution in [3.05, 3.63) is 35.6 Å². The standard InChI is InChI=1S/C14H22FNO/c1-14(2,3)7-8-17-13(10-16)11-5-4-6-12(15)9-11/h4-6,9,13H,7-8,10,16H2,1-3H3. The van der Waals surface area contributed by atoms with Crippen LogP contribution in [0.3, 0.4) is 0 Å². The Bertz CT molecular complexity index is 346. The maximum absolute atomic E-state index is 13.1. The molecule has 96 valence electrons. The highest BCUT2D eigenvalue weighted by atomic mass is 19.1. The van der Waals surface area contributed by atoms with Crippen molar-refractivity contribution >= 4 is 0 Å². The first-order valence-electron chi connectivity index (χ1n) is 5.99. The molecule has 2 nitrogen and oxygen atoms in total. The molecule has 0 radical (unpaired) electrons. The number of hydrogen-bond acceptors (Lipinski definition) is 2. The summed E-state index contributed by atoms with van der Waals surface area (Å²) in [6.07, 6.45) is 0.742. The van der Waals surface area contributed by atoms with Crippen molar-refractivity contribution in [1.29, 1.82) is 0 Å². The molecule has 0 aliphatic heterocycles. The van der Waals surface area contributed by atoms with Crippen molar-refractivity contribution in [2.24, 2.45) is 11.1 Å². The minimum absolute atomic E-state index is 0.215. The van der Waals surface area contributed by atoms with E-state index in [1.165, 1.54) is 12.1 Å². The molecule has 0 bridgehead atoms. The highest BCUT2D eigenvalue weighted by Gasteiger charge is 2.14. The van der Waals surface area contributed by atoms with Gasteiger partial charge in [-0.25, -0.2) is 4.39 Å². The van der Waals surface area contributed by atoms with Gasteiger partial charge in [-0.1, -0.05) is 32.9 Å². The molecule has 1 aromatic carbocycles. The number of nitrogens with two attached hydrogens (primary N) is 1. The van der Waals surface area contributed by atoms with Gasteiger partial charge in [0.2, 0.25) is 0 Å². The number of halogens is 1.